The summed E-state index contributed by atoms with van der Waals surface area (Å²) in [5, 5.41) is 1.86. The lowest BCUT2D eigenvalue weighted by molar-refractivity contribution is 0.332. The lowest BCUT2D eigenvalue weighted by Crippen LogP contribution is -2.02. The van der Waals surface area contributed by atoms with Crippen molar-refractivity contribution in [3.05, 3.63) is 20.8 Å². The van der Waals surface area contributed by atoms with Crippen LogP contribution in [0.5, 0.6) is 0 Å². The number of hydrogen-bond donors (Lipinski definition) is 1. The fraction of sp³-hybridized carbons (Fsp3) is 0.429. The van der Waals surface area contributed by atoms with Crippen LogP contribution in [-0.2, 0) is 0 Å². The largest absolute Gasteiger partial charge is 0.330 e. The summed E-state index contributed by atoms with van der Waals surface area (Å²) in [6.07, 6.45) is -0.506. The van der Waals surface area contributed by atoms with E-state index in [1.807, 2.05) is 11.4 Å². The Morgan fingerprint density at radius 1 is 1.73 bits per heavy atom. The standard InChI is InChI=1S/C7H9BrFNS/c8-5-2-4-11-7(5)6(9)1-3-10/h2,4,6H,1,3,10H2. The lowest BCUT2D eigenvalue weighted by Gasteiger charge is -2.03. The van der Waals surface area contributed by atoms with E-state index in [1.54, 1.807) is 0 Å². The number of rotatable bonds is 3. The Kier molecular flexibility index (Phi) is 3.48. The van der Waals surface area contributed by atoms with Crippen LogP contribution in [0.4, 0.5) is 4.39 Å². The van der Waals surface area contributed by atoms with Crippen LogP contribution >= 0.6 is 27.3 Å². The van der Waals surface area contributed by atoms with Crippen molar-refractivity contribution in [2.45, 2.75) is 12.6 Å². The molecule has 1 aromatic rings. The minimum absolute atomic E-state index is 0.394. The zero-order chi connectivity index (χ0) is 8.27. The topological polar surface area (TPSA) is 26.0 Å². The highest BCUT2D eigenvalue weighted by Crippen LogP contribution is 2.32. The van der Waals surface area contributed by atoms with Gasteiger partial charge in [0.15, 0.2) is 0 Å². The van der Waals surface area contributed by atoms with Gasteiger partial charge in [-0.15, -0.1) is 11.3 Å². The minimum Gasteiger partial charge on any atom is -0.330 e. The summed E-state index contributed by atoms with van der Waals surface area (Å²) in [5.74, 6) is 0. The van der Waals surface area contributed by atoms with E-state index >= 15 is 0 Å². The van der Waals surface area contributed by atoms with Crippen molar-refractivity contribution in [3.8, 4) is 0 Å². The first kappa shape index (κ1) is 9.16. The van der Waals surface area contributed by atoms with Crippen LogP contribution in [0.25, 0.3) is 0 Å². The van der Waals surface area contributed by atoms with Crippen LogP contribution in [0, 0.1) is 0 Å². The molecule has 1 nitrogen and oxygen atoms in total. The molecule has 0 aliphatic heterocycles. The summed E-state index contributed by atoms with van der Waals surface area (Å²) in [7, 11) is 0. The molecule has 1 aromatic heterocycles. The van der Waals surface area contributed by atoms with Gasteiger partial charge in [0.2, 0.25) is 0 Å². The molecule has 0 bridgehead atoms. The Hall–Kier alpha value is 0.0700. The zero-order valence-corrected chi connectivity index (χ0v) is 8.29. The van der Waals surface area contributed by atoms with Gasteiger partial charge in [-0.1, -0.05) is 0 Å². The van der Waals surface area contributed by atoms with E-state index in [1.165, 1.54) is 11.3 Å². The number of halogens is 2. The molecule has 0 radical (unpaired) electrons. The van der Waals surface area contributed by atoms with E-state index in [4.69, 9.17) is 5.73 Å². The van der Waals surface area contributed by atoms with Gasteiger partial charge in [0.1, 0.15) is 6.17 Å². The van der Waals surface area contributed by atoms with Crippen LogP contribution in [0.1, 0.15) is 17.5 Å². The van der Waals surface area contributed by atoms with Crippen molar-refractivity contribution >= 4 is 27.3 Å². The third kappa shape index (κ3) is 2.25. The first-order chi connectivity index (χ1) is 5.25. The van der Waals surface area contributed by atoms with Gasteiger partial charge < -0.3 is 5.73 Å². The molecule has 1 rings (SSSR count). The van der Waals surface area contributed by atoms with E-state index < -0.39 is 6.17 Å². The molecule has 0 saturated carbocycles. The molecule has 0 spiro atoms. The maximum absolute atomic E-state index is 13.1. The molecular formula is C7H9BrFNS. The van der Waals surface area contributed by atoms with Crippen molar-refractivity contribution in [2.75, 3.05) is 6.54 Å². The quantitative estimate of drug-likeness (QED) is 0.860. The van der Waals surface area contributed by atoms with Gasteiger partial charge in [-0.05, 0) is 40.3 Å². The molecular weight excluding hydrogens is 229 g/mol. The Balaban J connectivity index is 2.67. The first-order valence-corrected chi connectivity index (χ1v) is 5.00. The monoisotopic (exact) mass is 237 g/mol. The number of nitrogens with two attached hydrogens (primary N) is 1. The molecule has 0 aromatic carbocycles. The third-order valence-electron chi connectivity index (χ3n) is 1.35. The molecule has 62 valence electrons. The molecule has 1 atom stereocenters. The maximum atomic E-state index is 13.1. The summed E-state index contributed by atoms with van der Waals surface area (Å²) in [6.45, 7) is 0.394. The highest BCUT2D eigenvalue weighted by atomic mass is 79.9. The van der Waals surface area contributed by atoms with Crippen LogP contribution < -0.4 is 5.73 Å². The predicted molar refractivity (Wildman–Crippen MR) is 49.5 cm³/mol. The Morgan fingerprint density at radius 3 is 2.91 bits per heavy atom. The van der Waals surface area contributed by atoms with Crippen LogP contribution in [0.3, 0.4) is 0 Å². The average molecular weight is 238 g/mol. The summed E-state index contributed by atoms with van der Waals surface area (Å²) in [4.78, 5) is 0.746. The highest BCUT2D eigenvalue weighted by Gasteiger charge is 2.12. The minimum atomic E-state index is -0.908. The third-order valence-corrected chi connectivity index (χ3v) is 3.31. The molecule has 0 saturated heterocycles. The Labute approximate surface area is 77.5 Å². The molecule has 2 N–H and O–H groups in total. The lowest BCUT2D eigenvalue weighted by atomic mass is 10.2. The zero-order valence-electron chi connectivity index (χ0n) is 5.89. The Bertz CT molecular complexity index is 226. The number of thiophene rings is 1. The summed E-state index contributed by atoms with van der Waals surface area (Å²) < 4.78 is 14.0. The van der Waals surface area contributed by atoms with Crippen molar-refractivity contribution in [3.63, 3.8) is 0 Å². The van der Waals surface area contributed by atoms with Gasteiger partial charge >= 0.3 is 0 Å². The van der Waals surface area contributed by atoms with Gasteiger partial charge in [-0.3, -0.25) is 0 Å². The second kappa shape index (κ2) is 4.18. The Morgan fingerprint density at radius 2 is 2.45 bits per heavy atom. The van der Waals surface area contributed by atoms with Crippen molar-refractivity contribution in [1.29, 1.82) is 0 Å². The molecule has 0 aliphatic rings. The average Bonchev–Trinajstić information content (AvgIpc) is 2.36. The van der Waals surface area contributed by atoms with Gasteiger partial charge in [0.05, 0.1) is 4.88 Å². The van der Waals surface area contributed by atoms with Crippen molar-refractivity contribution < 1.29 is 4.39 Å². The smallest absolute Gasteiger partial charge is 0.137 e. The second-order valence-electron chi connectivity index (χ2n) is 2.18. The van der Waals surface area contributed by atoms with E-state index in [-0.39, 0.29) is 0 Å². The van der Waals surface area contributed by atoms with Gasteiger partial charge in [0, 0.05) is 4.47 Å². The molecule has 11 heavy (non-hydrogen) atoms. The van der Waals surface area contributed by atoms with Gasteiger partial charge in [0.25, 0.3) is 0 Å². The van der Waals surface area contributed by atoms with E-state index in [0.29, 0.717) is 13.0 Å². The molecule has 4 heteroatoms. The van der Waals surface area contributed by atoms with Crippen molar-refractivity contribution in [1.82, 2.24) is 0 Å². The van der Waals surface area contributed by atoms with E-state index in [2.05, 4.69) is 15.9 Å². The van der Waals surface area contributed by atoms with Crippen LogP contribution in [-0.4, -0.2) is 6.54 Å². The van der Waals surface area contributed by atoms with Crippen molar-refractivity contribution in [2.24, 2.45) is 5.73 Å². The normalized spacial score (nSPS) is 13.4. The van der Waals surface area contributed by atoms with E-state index in [9.17, 15) is 4.39 Å². The molecule has 0 fully saturated rings. The van der Waals surface area contributed by atoms with Gasteiger partial charge in [-0.25, -0.2) is 4.39 Å². The van der Waals surface area contributed by atoms with E-state index in [0.717, 1.165) is 9.35 Å². The first-order valence-electron chi connectivity index (χ1n) is 3.32. The summed E-state index contributed by atoms with van der Waals surface area (Å²) in [6, 6.07) is 1.85. The fourth-order valence-corrected chi connectivity index (χ4v) is 2.44. The molecule has 0 aliphatic carbocycles. The SMILES string of the molecule is NCCC(F)c1sccc1Br. The summed E-state index contributed by atoms with van der Waals surface area (Å²) >= 11 is 4.69. The fourth-order valence-electron chi connectivity index (χ4n) is 0.806. The summed E-state index contributed by atoms with van der Waals surface area (Å²) in [5.41, 5.74) is 5.23. The highest BCUT2D eigenvalue weighted by molar-refractivity contribution is 9.10. The van der Waals surface area contributed by atoms with Crippen LogP contribution in [0.15, 0.2) is 15.9 Å². The maximum Gasteiger partial charge on any atom is 0.137 e. The predicted octanol–water partition coefficient (Wildman–Crippen LogP) is 2.87. The van der Waals surface area contributed by atoms with Gasteiger partial charge in [-0.2, -0.15) is 0 Å². The molecule has 0 amide bonds. The molecule has 1 heterocycles. The van der Waals surface area contributed by atoms with Crippen LogP contribution in [0.2, 0.25) is 0 Å². The molecule has 1 unspecified atom stereocenters. The second-order valence-corrected chi connectivity index (χ2v) is 3.98. The number of hydrogen-bond acceptors (Lipinski definition) is 2. The number of alkyl halides is 1.